The second kappa shape index (κ2) is 5.54. The molecule has 3 nitrogen and oxygen atoms in total. The van der Waals surface area contributed by atoms with Gasteiger partial charge >= 0.3 is 0 Å². The highest BCUT2D eigenvalue weighted by molar-refractivity contribution is 5.46. The maximum atomic E-state index is 5.05. The highest BCUT2D eigenvalue weighted by atomic mass is 16.5. The lowest BCUT2D eigenvalue weighted by atomic mass is 10.3. The standard InChI is InChI=1S/C10H16N2O/c1-3-6-11-9-5-4-7-12-10(9)8-13-2/h4-5,7,11H,3,6,8H2,1-2H3. The number of hydrogen-bond acceptors (Lipinski definition) is 3. The lowest BCUT2D eigenvalue weighted by Crippen LogP contribution is -2.04. The van der Waals surface area contributed by atoms with Crippen LogP contribution in [-0.4, -0.2) is 18.6 Å². The molecule has 0 saturated carbocycles. The summed E-state index contributed by atoms with van der Waals surface area (Å²) in [4.78, 5) is 4.23. The van der Waals surface area contributed by atoms with E-state index < -0.39 is 0 Å². The molecule has 1 N–H and O–H groups in total. The van der Waals surface area contributed by atoms with Crippen LogP contribution in [0.4, 0.5) is 5.69 Å². The topological polar surface area (TPSA) is 34.2 Å². The summed E-state index contributed by atoms with van der Waals surface area (Å²) in [6.07, 6.45) is 2.90. The van der Waals surface area contributed by atoms with Crippen LogP contribution in [-0.2, 0) is 11.3 Å². The molecular formula is C10H16N2O. The monoisotopic (exact) mass is 180 g/mol. The Bertz CT molecular complexity index is 250. The molecule has 0 atom stereocenters. The lowest BCUT2D eigenvalue weighted by Gasteiger charge is -2.08. The molecule has 1 rings (SSSR count). The molecule has 0 aliphatic rings. The Morgan fingerprint density at radius 3 is 3.08 bits per heavy atom. The van der Waals surface area contributed by atoms with Crippen molar-refractivity contribution in [3.8, 4) is 0 Å². The molecule has 72 valence electrons. The molecule has 0 amide bonds. The SMILES string of the molecule is CCCNc1cccnc1COC. The van der Waals surface area contributed by atoms with Gasteiger partial charge in [0.1, 0.15) is 0 Å². The molecule has 0 unspecified atom stereocenters. The number of hydrogen-bond donors (Lipinski definition) is 1. The van der Waals surface area contributed by atoms with Crippen molar-refractivity contribution < 1.29 is 4.74 Å². The predicted octanol–water partition coefficient (Wildman–Crippen LogP) is 2.05. The Morgan fingerprint density at radius 1 is 1.54 bits per heavy atom. The Labute approximate surface area is 79.1 Å². The van der Waals surface area contributed by atoms with Crippen LogP contribution < -0.4 is 5.32 Å². The maximum absolute atomic E-state index is 5.05. The van der Waals surface area contributed by atoms with E-state index in [0.29, 0.717) is 6.61 Å². The van der Waals surface area contributed by atoms with Gasteiger partial charge in [-0.2, -0.15) is 0 Å². The maximum Gasteiger partial charge on any atom is 0.0905 e. The van der Waals surface area contributed by atoms with Crippen LogP contribution in [0.25, 0.3) is 0 Å². The summed E-state index contributed by atoms with van der Waals surface area (Å²) in [7, 11) is 1.68. The quantitative estimate of drug-likeness (QED) is 0.753. The number of methoxy groups -OCH3 is 1. The minimum Gasteiger partial charge on any atom is -0.384 e. The third kappa shape index (κ3) is 3.03. The van der Waals surface area contributed by atoms with Gasteiger partial charge < -0.3 is 10.1 Å². The van der Waals surface area contributed by atoms with E-state index in [1.54, 1.807) is 13.3 Å². The number of ether oxygens (including phenoxy) is 1. The molecule has 0 aliphatic carbocycles. The molecule has 0 saturated heterocycles. The summed E-state index contributed by atoms with van der Waals surface area (Å²) in [5, 5.41) is 3.31. The zero-order valence-corrected chi connectivity index (χ0v) is 8.21. The van der Waals surface area contributed by atoms with Gasteiger partial charge in [-0.05, 0) is 18.6 Å². The average molecular weight is 180 g/mol. The zero-order chi connectivity index (χ0) is 9.52. The summed E-state index contributed by atoms with van der Waals surface area (Å²) in [6, 6.07) is 3.95. The van der Waals surface area contributed by atoms with Crippen LogP contribution in [0.3, 0.4) is 0 Å². The van der Waals surface area contributed by atoms with Crippen molar-refractivity contribution in [2.24, 2.45) is 0 Å². The number of nitrogens with one attached hydrogen (secondary N) is 1. The zero-order valence-electron chi connectivity index (χ0n) is 8.21. The van der Waals surface area contributed by atoms with E-state index in [4.69, 9.17) is 4.74 Å². The van der Waals surface area contributed by atoms with E-state index in [9.17, 15) is 0 Å². The van der Waals surface area contributed by atoms with Crippen molar-refractivity contribution in [1.82, 2.24) is 4.98 Å². The van der Waals surface area contributed by atoms with E-state index in [1.165, 1.54) is 0 Å². The largest absolute Gasteiger partial charge is 0.384 e. The molecule has 1 aromatic rings. The van der Waals surface area contributed by atoms with Gasteiger partial charge in [-0.25, -0.2) is 0 Å². The van der Waals surface area contributed by atoms with Gasteiger partial charge in [0, 0.05) is 19.9 Å². The van der Waals surface area contributed by atoms with Crippen LogP contribution in [0.15, 0.2) is 18.3 Å². The molecular weight excluding hydrogens is 164 g/mol. The molecule has 0 radical (unpaired) electrons. The van der Waals surface area contributed by atoms with Gasteiger partial charge in [0.2, 0.25) is 0 Å². The third-order valence-electron chi connectivity index (χ3n) is 1.74. The molecule has 0 fully saturated rings. The molecule has 1 heterocycles. The molecule has 0 aromatic carbocycles. The van der Waals surface area contributed by atoms with Crippen molar-refractivity contribution in [3.05, 3.63) is 24.0 Å². The summed E-state index contributed by atoms with van der Waals surface area (Å²) >= 11 is 0. The minimum atomic E-state index is 0.562. The van der Waals surface area contributed by atoms with Crippen molar-refractivity contribution in [3.63, 3.8) is 0 Å². The van der Waals surface area contributed by atoms with Crippen molar-refractivity contribution in [2.45, 2.75) is 20.0 Å². The van der Waals surface area contributed by atoms with Gasteiger partial charge in [0.05, 0.1) is 18.0 Å². The van der Waals surface area contributed by atoms with Gasteiger partial charge in [0.15, 0.2) is 0 Å². The Hall–Kier alpha value is -1.09. The van der Waals surface area contributed by atoms with Crippen LogP contribution in [0.5, 0.6) is 0 Å². The predicted molar refractivity (Wildman–Crippen MR) is 53.7 cm³/mol. The van der Waals surface area contributed by atoms with E-state index in [-0.39, 0.29) is 0 Å². The molecule has 0 spiro atoms. The fourth-order valence-electron chi connectivity index (χ4n) is 1.11. The summed E-state index contributed by atoms with van der Waals surface area (Å²) in [5.41, 5.74) is 2.05. The van der Waals surface area contributed by atoms with Crippen molar-refractivity contribution >= 4 is 5.69 Å². The number of anilines is 1. The van der Waals surface area contributed by atoms with Crippen LogP contribution in [0, 0.1) is 0 Å². The Balaban J connectivity index is 2.66. The fourth-order valence-corrected chi connectivity index (χ4v) is 1.11. The molecule has 1 aromatic heterocycles. The smallest absolute Gasteiger partial charge is 0.0905 e. The summed E-state index contributed by atoms with van der Waals surface area (Å²) in [6.45, 7) is 3.68. The van der Waals surface area contributed by atoms with E-state index in [2.05, 4.69) is 17.2 Å². The normalized spacial score (nSPS) is 10.0. The second-order valence-electron chi connectivity index (χ2n) is 2.86. The number of rotatable bonds is 5. The first-order valence-electron chi connectivity index (χ1n) is 4.55. The molecule has 13 heavy (non-hydrogen) atoms. The second-order valence-corrected chi connectivity index (χ2v) is 2.86. The fraction of sp³-hybridized carbons (Fsp3) is 0.500. The Morgan fingerprint density at radius 2 is 2.38 bits per heavy atom. The van der Waals surface area contributed by atoms with Crippen LogP contribution in [0.1, 0.15) is 19.0 Å². The van der Waals surface area contributed by atoms with E-state index in [1.807, 2.05) is 12.1 Å². The molecule has 0 bridgehead atoms. The van der Waals surface area contributed by atoms with Crippen molar-refractivity contribution in [2.75, 3.05) is 19.0 Å². The van der Waals surface area contributed by atoms with E-state index >= 15 is 0 Å². The molecule has 3 heteroatoms. The first-order chi connectivity index (χ1) is 6.38. The molecule has 0 aliphatic heterocycles. The number of aromatic nitrogens is 1. The number of nitrogens with zero attached hydrogens (tertiary/aromatic N) is 1. The number of pyridine rings is 1. The Kier molecular flexibility index (Phi) is 4.26. The summed E-state index contributed by atoms with van der Waals surface area (Å²) < 4.78 is 5.05. The average Bonchev–Trinajstić information content (AvgIpc) is 2.17. The highest BCUT2D eigenvalue weighted by Gasteiger charge is 2.00. The van der Waals surface area contributed by atoms with Crippen LogP contribution in [0.2, 0.25) is 0 Å². The summed E-state index contributed by atoms with van der Waals surface area (Å²) in [5.74, 6) is 0. The van der Waals surface area contributed by atoms with Gasteiger partial charge in [-0.1, -0.05) is 6.92 Å². The van der Waals surface area contributed by atoms with Crippen LogP contribution >= 0.6 is 0 Å². The first-order valence-corrected chi connectivity index (χ1v) is 4.55. The first kappa shape index (κ1) is 9.99. The third-order valence-corrected chi connectivity index (χ3v) is 1.74. The van der Waals surface area contributed by atoms with Gasteiger partial charge in [0.25, 0.3) is 0 Å². The van der Waals surface area contributed by atoms with Gasteiger partial charge in [-0.15, -0.1) is 0 Å². The minimum absolute atomic E-state index is 0.562. The lowest BCUT2D eigenvalue weighted by molar-refractivity contribution is 0.182. The highest BCUT2D eigenvalue weighted by Crippen LogP contribution is 2.12. The van der Waals surface area contributed by atoms with Crippen molar-refractivity contribution in [1.29, 1.82) is 0 Å². The van der Waals surface area contributed by atoms with E-state index in [0.717, 1.165) is 24.3 Å². The van der Waals surface area contributed by atoms with Gasteiger partial charge in [-0.3, -0.25) is 4.98 Å².